The van der Waals surface area contributed by atoms with Gasteiger partial charge in [-0.15, -0.1) is 0 Å². The zero-order chi connectivity index (χ0) is 21.7. The highest BCUT2D eigenvalue weighted by atomic mass is 35.5. The second-order valence-corrected chi connectivity index (χ2v) is 7.60. The van der Waals surface area contributed by atoms with Crippen molar-refractivity contribution in [1.29, 1.82) is 0 Å². The molecular formula is C25H21Cl2NO2. The Morgan fingerprint density at radius 2 is 1.57 bits per heavy atom. The maximum Gasteiger partial charge on any atom is 0.258 e. The van der Waals surface area contributed by atoms with E-state index in [0.717, 1.165) is 16.8 Å². The number of aryl methyl sites for hydroxylation is 1. The Kier molecular flexibility index (Phi) is 7.09. The largest absolute Gasteiger partial charge is 0.308 e. The van der Waals surface area contributed by atoms with Crippen molar-refractivity contribution in [2.24, 2.45) is 0 Å². The molecule has 30 heavy (non-hydrogen) atoms. The molecule has 0 radical (unpaired) electrons. The highest BCUT2D eigenvalue weighted by Gasteiger charge is 2.17. The maximum atomic E-state index is 13.0. The average molecular weight is 438 g/mol. The Bertz CT molecular complexity index is 1100. The number of nitrogens with zero attached hydrogens (tertiary/aromatic N) is 1. The Morgan fingerprint density at radius 3 is 2.20 bits per heavy atom. The number of benzene rings is 3. The molecule has 3 rings (SSSR count). The predicted octanol–water partition coefficient (Wildman–Crippen LogP) is 6.86. The molecule has 1 amide bonds. The SMILES string of the molecule is CCN(C(=O)c1ccc(C=CC(=O)c2ccc(Cl)c(Cl)c2)cc1)c1ccccc1C. The Morgan fingerprint density at radius 1 is 0.900 bits per heavy atom. The van der Waals surface area contributed by atoms with E-state index < -0.39 is 0 Å². The minimum atomic E-state index is -0.176. The second kappa shape index (κ2) is 9.75. The van der Waals surface area contributed by atoms with E-state index in [9.17, 15) is 9.59 Å². The fourth-order valence-corrected chi connectivity index (χ4v) is 3.40. The topological polar surface area (TPSA) is 37.4 Å². The van der Waals surface area contributed by atoms with E-state index in [-0.39, 0.29) is 11.7 Å². The summed E-state index contributed by atoms with van der Waals surface area (Å²) in [6.45, 7) is 4.52. The summed E-state index contributed by atoms with van der Waals surface area (Å²) in [5.41, 5.74) is 3.82. The van der Waals surface area contributed by atoms with Crippen molar-refractivity contribution < 1.29 is 9.59 Å². The summed E-state index contributed by atoms with van der Waals surface area (Å²) < 4.78 is 0. The van der Waals surface area contributed by atoms with Crippen molar-refractivity contribution in [3.63, 3.8) is 0 Å². The lowest BCUT2D eigenvalue weighted by Crippen LogP contribution is -2.31. The molecule has 5 heteroatoms. The molecule has 0 saturated carbocycles. The Balaban J connectivity index is 1.74. The van der Waals surface area contributed by atoms with E-state index in [1.54, 1.807) is 41.3 Å². The van der Waals surface area contributed by atoms with Crippen LogP contribution in [0.3, 0.4) is 0 Å². The molecule has 0 aliphatic heterocycles. The van der Waals surface area contributed by atoms with Crippen molar-refractivity contribution in [2.75, 3.05) is 11.4 Å². The molecule has 3 aromatic carbocycles. The monoisotopic (exact) mass is 437 g/mol. The highest BCUT2D eigenvalue weighted by Crippen LogP contribution is 2.24. The van der Waals surface area contributed by atoms with Gasteiger partial charge in [-0.2, -0.15) is 0 Å². The van der Waals surface area contributed by atoms with Crippen molar-refractivity contribution in [2.45, 2.75) is 13.8 Å². The minimum absolute atomic E-state index is 0.0609. The molecule has 0 aromatic heterocycles. The maximum absolute atomic E-state index is 13.0. The van der Waals surface area contributed by atoms with Gasteiger partial charge in [-0.1, -0.05) is 59.6 Å². The van der Waals surface area contributed by atoms with Gasteiger partial charge in [0, 0.05) is 23.4 Å². The first-order valence-electron chi connectivity index (χ1n) is 9.55. The smallest absolute Gasteiger partial charge is 0.258 e. The van der Waals surface area contributed by atoms with E-state index in [2.05, 4.69) is 0 Å². The Labute approximate surface area is 186 Å². The van der Waals surface area contributed by atoms with Crippen LogP contribution in [-0.4, -0.2) is 18.2 Å². The van der Waals surface area contributed by atoms with Crippen molar-refractivity contribution in [3.05, 3.63) is 105 Å². The van der Waals surface area contributed by atoms with Gasteiger partial charge in [0.2, 0.25) is 0 Å². The molecule has 0 atom stereocenters. The van der Waals surface area contributed by atoms with Gasteiger partial charge < -0.3 is 4.90 Å². The van der Waals surface area contributed by atoms with Crippen LogP contribution in [0.15, 0.2) is 72.8 Å². The number of allylic oxidation sites excluding steroid dienone is 1. The van der Waals surface area contributed by atoms with Gasteiger partial charge >= 0.3 is 0 Å². The van der Waals surface area contributed by atoms with Gasteiger partial charge in [-0.25, -0.2) is 0 Å². The number of carbonyl (C=O) groups excluding carboxylic acids is 2. The van der Waals surface area contributed by atoms with Crippen LogP contribution in [0.1, 0.15) is 38.8 Å². The molecule has 0 fully saturated rings. The van der Waals surface area contributed by atoms with Crippen LogP contribution in [0.25, 0.3) is 6.08 Å². The number of para-hydroxylation sites is 1. The molecule has 0 N–H and O–H groups in total. The zero-order valence-corrected chi connectivity index (χ0v) is 18.2. The summed E-state index contributed by atoms with van der Waals surface area (Å²) in [7, 11) is 0. The average Bonchev–Trinajstić information content (AvgIpc) is 2.76. The molecule has 0 unspecified atom stereocenters. The van der Waals surface area contributed by atoms with Crippen molar-refractivity contribution in [3.8, 4) is 0 Å². The van der Waals surface area contributed by atoms with Crippen LogP contribution in [-0.2, 0) is 0 Å². The van der Waals surface area contributed by atoms with Crippen LogP contribution < -0.4 is 4.90 Å². The molecular weight excluding hydrogens is 417 g/mol. The number of anilines is 1. The molecule has 0 aliphatic rings. The molecule has 0 spiro atoms. The van der Waals surface area contributed by atoms with Crippen molar-refractivity contribution in [1.82, 2.24) is 0 Å². The first-order chi connectivity index (χ1) is 14.4. The van der Waals surface area contributed by atoms with E-state index in [4.69, 9.17) is 23.2 Å². The lowest BCUT2D eigenvalue weighted by atomic mass is 10.1. The lowest BCUT2D eigenvalue weighted by Gasteiger charge is -2.23. The zero-order valence-electron chi connectivity index (χ0n) is 16.7. The normalized spacial score (nSPS) is 10.9. The summed E-state index contributed by atoms with van der Waals surface area (Å²) in [4.78, 5) is 27.1. The fourth-order valence-electron chi connectivity index (χ4n) is 3.10. The lowest BCUT2D eigenvalue weighted by molar-refractivity contribution is 0.0987. The summed E-state index contributed by atoms with van der Waals surface area (Å²) in [5, 5.41) is 0.747. The van der Waals surface area contributed by atoms with Crippen LogP contribution in [0.2, 0.25) is 10.0 Å². The second-order valence-electron chi connectivity index (χ2n) is 6.78. The number of amides is 1. The molecule has 0 aliphatic carbocycles. The number of hydrogen-bond acceptors (Lipinski definition) is 2. The minimum Gasteiger partial charge on any atom is -0.308 e. The molecule has 152 valence electrons. The molecule has 3 aromatic rings. The third-order valence-corrected chi connectivity index (χ3v) is 5.50. The van der Waals surface area contributed by atoms with Crippen LogP contribution >= 0.6 is 23.2 Å². The highest BCUT2D eigenvalue weighted by molar-refractivity contribution is 6.42. The third kappa shape index (κ3) is 4.99. The summed E-state index contributed by atoms with van der Waals surface area (Å²) in [6.07, 6.45) is 3.18. The van der Waals surface area contributed by atoms with Crippen LogP contribution in [0.4, 0.5) is 5.69 Å². The first kappa shape index (κ1) is 21.8. The number of carbonyl (C=O) groups is 2. The summed E-state index contributed by atoms with van der Waals surface area (Å²) in [5.74, 6) is -0.236. The third-order valence-electron chi connectivity index (χ3n) is 4.76. The van der Waals surface area contributed by atoms with Gasteiger partial charge in [-0.05, 0) is 67.4 Å². The van der Waals surface area contributed by atoms with Gasteiger partial charge in [0.15, 0.2) is 5.78 Å². The van der Waals surface area contributed by atoms with E-state index in [1.807, 2.05) is 50.2 Å². The van der Waals surface area contributed by atoms with E-state index in [0.29, 0.717) is 27.7 Å². The van der Waals surface area contributed by atoms with Gasteiger partial charge in [0.25, 0.3) is 5.91 Å². The van der Waals surface area contributed by atoms with Crippen LogP contribution in [0, 0.1) is 6.92 Å². The molecule has 3 nitrogen and oxygen atoms in total. The van der Waals surface area contributed by atoms with Gasteiger partial charge in [-0.3, -0.25) is 9.59 Å². The summed E-state index contributed by atoms with van der Waals surface area (Å²) in [6, 6.07) is 19.8. The number of halogens is 2. The standard InChI is InChI=1S/C25H21Cl2NO2/c1-3-28(23-7-5-4-6-17(23)2)25(30)19-11-8-18(9-12-19)10-15-24(29)20-13-14-21(26)22(27)16-20/h4-16H,3H2,1-2H3. The number of rotatable bonds is 6. The van der Waals surface area contributed by atoms with Crippen LogP contribution in [0.5, 0.6) is 0 Å². The van der Waals surface area contributed by atoms with E-state index in [1.165, 1.54) is 6.08 Å². The van der Waals surface area contributed by atoms with Crippen molar-refractivity contribution >= 4 is 46.7 Å². The summed E-state index contributed by atoms with van der Waals surface area (Å²) >= 11 is 11.9. The molecule has 0 bridgehead atoms. The Hall–Kier alpha value is -2.88. The molecule has 0 saturated heterocycles. The quantitative estimate of drug-likeness (QED) is 0.311. The first-order valence-corrected chi connectivity index (χ1v) is 10.3. The number of hydrogen-bond donors (Lipinski definition) is 0. The van der Waals surface area contributed by atoms with Gasteiger partial charge in [0.05, 0.1) is 10.0 Å². The predicted molar refractivity (Wildman–Crippen MR) is 125 cm³/mol. The van der Waals surface area contributed by atoms with E-state index >= 15 is 0 Å². The number of ketones is 1. The van der Waals surface area contributed by atoms with Gasteiger partial charge in [0.1, 0.15) is 0 Å². The fraction of sp³-hybridized carbons (Fsp3) is 0.120. The molecule has 0 heterocycles.